The van der Waals surface area contributed by atoms with E-state index in [1.54, 1.807) is 12.1 Å². The molecule has 2 N–H and O–H groups in total. The maximum atomic E-state index is 13.9. The number of nitrogens with zero attached hydrogens (tertiary/aromatic N) is 2. The fourth-order valence-electron chi connectivity index (χ4n) is 3.33. The summed E-state index contributed by atoms with van der Waals surface area (Å²) < 4.78 is 18.9. The minimum atomic E-state index is -0.395. The Labute approximate surface area is 147 Å². The van der Waals surface area contributed by atoms with Crippen molar-refractivity contribution in [2.45, 2.75) is 50.5 Å². The third-order valence-electron chi connectivity index (χ3n) is 4.85. The van der Waals surface area contributed by atoms with Gasteiger partial charge in [-0.05, 0) is 37.8 Å². The predicted octanol–water partition coefficient (Wildman–Crippen LogP) is 4.60. The lowest BCUT2D eigenvalue weighted by Crippen LogP contribution is -2.17. The third-order valence-corrected chi connectivity index (χ3v) is 4.85. The van der Waals surface area contributed by atoms with Gasteiger partial charge in [0.2, 0.25) is 5.95 Å². The molecule has 25 heavy (non-hydrogen) atoms. The molecule has 0 unspecified atom stereocenters. The number of halogens is 1. The molecule has 0 radical (unpaired) electrons. The Bertz CT molecular complexity index is 757. The SMILES string of the molecule is COc1ccc(Nc2cc(C3CC3)nc(NC3CCCC3)n2)cc1F. The van der Waals surface area contributed by atoms with Crippen molar-refractivity contribution >= 4 is 17.5 Å². The molecule has 5 nitrogen and oxygen atoms in total. The molecule has 6 heteroatoms. The van der Waals surface area contributed by atoms with Crippen LogP contribution < -0.4 is 15.4 Å². The molecule has 2 fully saturated rings. The number of ether oxygens (including phenoxy) is 1. The smallest absolute Gasteiger partial charge is 0.225 e. The maximum Gasteiger partial charge on any atom is 0.225 e. The molecule has 0 bridgehead atoms. The van der Waals surface area contributed by atoms with E-state index in [-0.39, 0.29) is 5.75 Å². The lowest BCUT2D eigenvalue weighted by Gasteiger charge is -2.15. The summed E-state index contributed by atoms with van der Waals surface area (Å²) >= 11 is 0. The van der Waals surface area contributed by atoms with Gasteiger partial charge in [0, 0.05) is 29.8 Å². The summed E-state index contributed by atoms with van der Waals surface area (Å²) in [6.07, 6.45) is 7.21. The second kappa shape index (κ2) is 6.86. The van der Waals surface area contributed by atoms with E-state index in [0.717, 1.165) is 5.69 Å². The summed E-state index contributed by atoms with van der Waals surface area (Å²) in [5.41, 5.74) is 1.71. The van der Waals surface area contributed by atoms with Gasteiger partial charge in [0.15, 0.2) is 11.6 Å². The van der Waals surface area contributed by atoms with E-state index in [0.29, 0.717) is 29.4 Å². The first-order valence-electron chi connectivity index (χ1n) is 8.97. The van der Waals surface area contributed by atoms with Gasteiger partial charge >= 0.3 is 0 Å². The summed E-state index contributed by atoms with van der Waals surface area (Å²) in [5.74, 6) is 1.74. The average molecular weight is 342 g/mol. The van der Waals surface area contributed by atoms with E-state index >= 15 is 0 Å². The van der Waals surface area contributed by atoms with Gasteiger partial charge < -0.3 is 15.4 Å². The first-order valence-corrected chi connectivity index (χ1v) is 8.97. The largest absolute Gasteiger partial charge is 0.494 e. The van der Waals surface area contributed by atoms with Gasteiger partial charge in [-0.1, -0.05) is 12.8 Å². The van der Waals surface area contributed by atoms with Crippen LogP contribution in [0.15, 0.2) is 24.3 Å². The molecule has 0 aliphatic heterocycles. The Hall–Kier alpha value is -2.37. The van der Waals surface area contributed by atoms with Crippen LogP contribution in [0, 0.1) is 5.82 Å². The number of rotatable bonds is 6. The van der Waals surface area contributed by atoms with Crippen LogP contribution in [0.5, 0.6) is 5.75 Å². The molecule has 2 saturated carbocycles. The summed E-state index contributed by atoms with van der Waals surface area (Å²) in [6.45, 7) is 0. The first kappa shape index (κ1) is 16.1. The lowest BCUT2D eigenvalue weighted by atomic mass is 10.2. The summed E-state index contributed by atoms with van der Waals surface area (Å²) in [6, 6.07) is 7.24. The van der Waals surface area contributed by atoms with E-state index in [9.17, 15) is 4.39 Å². The van der Waals surface area contributed by atoms with Gasteiger partial charge in [0.05, 0.1) is 12.8 Å². The Balaban J connectivity index is 1.57. The van der Waals surface area contributed by atoms with E-state index < -0.39 is 5.82 Å². The van der Waals surface area contributed by atoms with Gasteiger partial charge in [-0.2, -0.15) is 4.98 Å². The second-order valence-corrected chi connectivity index (χ2v) is 6.88. The molecule has 0 amide bonds. The van der Waals surface area contributed by atoms with Crippen molar-refractivity contribution in [2.75, 3.05) is 17.7 Å². The van der Waals surface area contributed by atoms with Crippen molar-refractivity contribution in [3.8, 4) is 5.75 Å². The number of anilines is 3. The molecule has 4 rings (SSSR count). The third kappa shape index (κ3) is 3.83. The molecule has 0 saturated heterocycles. The zero-order chi connectivity index (χ0) is 17.2. The minimum Gasteiger partial charge on any atom is -0.494 e. The topological polar surface area (TPSA) is 59.1 Å². The summed E-state index contributed by atoms with van der Waals surface area (Å²) in [4.78, 5) is 9.28. The van der Waals surface area contributed by atoms with Gasteiger partial charge in [-0.15, -0.1) is 0 Å². The van der Waals surface area contributed by atoms with Crippen molar-refractivity contribution in [2.24, 2.45) is 0 Å². The number of nitrogens with one attached hydrogen (secondary N) is 2. The minimum absolute atomic E-state index is 0.232. The van der Waals surface area contributed by atoms with Gasteiger partial charge in [-0.3, -0.25) is 0 Å². The van der Waals surface area contributed by atoms with E-state index in [2.05, 4.69) is 20.6 Å². The molecule has 1 aromatic heterocycles. The van der Waals surface area contributed by atoms with Crippen LogP contribution in [0.2, 0.25) is 0 Å². The Morgan fingerprint density at radius 1 is 1.08 bits per heavy atom. The van der Waals surface area contributed by atoms with Crippen molar-refractivity contribution in [3.05, 3.63) is 35.8 Å². The average Bonchev–Trinajstić information content (AvgIpc) is 3.33. The maximum absolute atomic E-state index is 13.9. The van der Waals surface area contributed by atoms with E-state index in [1.807, 2.05) is 6.07 Å². The molecule has 1 heterocycles. The van der Waals surface area contributed by atoms with Crippen molar-refractivity contribution in [1.82, 2.24) is 9.97 Å². The highest BCUT2D eigenvalue weighted by Crippen LogP contribution is 2.40. The quantitative estimate of drug-likeness (QED) is 0.803. The standard InChI is InChI=1S/C19H23FN4O/c1-25-17-9-8-14(10-15(17)20)21-18-11-16(12-6-7-12)23-19(24-18)22-13-4-2-3-5-13/h8-13H,2-7H2,1H3,(H2,21,22,23,24). The highest BCUT2D eigenvalue weighted by molar-refractivity contribution is 5.59. The molecular formula is C19H23FN4O. The molecular weight excluding hydrogens is 319 g/mol. The zero-order valence-electron chi connectivity index (χ0n) is 14.4. The van der Waals surface area contributed by atoms with Gasteiger partial charge in [-0.25, -0.2) is 9.37 Å². The number of hydrogen-bond donors (Lipinski definition) is 2. The van der Waals surface area contributed by atoms with Gasteiger partial charge in [0.1, 0.15) is 5.82 Å². The highest BCUT2D eigenvalue weighted by atomic mass is 19.1. The monoisotopic (exact) mass is 342 g/mol. The Kier molecular flexibility index (Phi) is 4.42. The predicted molar refractivity (Wildman–Crippen MR) is 96.1 cm³/mol. The molecule has 1 aromatic carbocycles. The summed E-state index contributed by atoms with van der Waals surface area (Å²) in [5, 5.41) is 6.66. The molecule has 0 spiro atoms. The molecule has 132 valence electrons. The molecule has 0 atom stereocenters. The summed E-state index contributed by atoms with van der Waals surface area (Å²) in [7, 11) is 1.46. The number of benzene rings is 1. The zero-order valence-corrected chi connectivity index (χ0v) is 14.4. The van der Waals surface area contributed by atoms with Crippen LogP contribution >= 0.6 is 0 Å². The fraction of sp³-hybridized carbons (Fsp3) is 0.474. The molecule has 2 aromatic rings. The van der Waals surface area contributed by atoms with E-state index in [1.165, 1.54) is 51.7 Å². The Morgan fingerprint density at radius 2 is 1.88 bits per heavy atom. The lowest BCUT2D eigenvalue weighted by molar-refractivity contribution is 0.386. The van der Waals surface area contributed by atoms with Crippen LogP contribution in [0.1, 0.15) is 50.1 Å². The number of hydrogen-bond acceptors (Lipinski definition) is 5. The van der Waals surface area contributed by atoms with Crippen LogP contribution in [0.4, 0.5) is 21.8 Å². The second-order valence-electron chi connectivity index (χ2n) is 6.88. The molecule has 2 aliphatic carbocycles. The number of methoxy groups -OCH3 is 1. The van der Waals surface area contributed by atoms with Crippen molar-refractivity contribution in [1.29, 1.82) is 0 Å². The van der Waals surface area contributed by atoms with Gasteiger partial charge in [0.25, 0.3) is 0 Å². The normalized spacial score (nSPS) is 17.5. The molecule has 2 aliphatic rings. The van der Waals surface area contributed by atoms with Crippen molar-refractivity contribution < 1.29 is 9.13 Å². The van der Waals surface area contributed by atoms with Crippen LogP contribution in [0.25, 0.3) is 0 Å². The fourth-order valence-corrected chi connectivity index (χ4v) is 3.33. The van der Waals surface area contributed by atoms with E-state index in [4.69, 9.17) is 4.74 Å². The highest BCUT2D eigenvalue weighted by Gasteiger charge is 2.27. The Morgan fingerprint density at radius 3 is 2.56 bits per heavy atom. The van der Waals surface area contributed by atoms with Crippen LogP contribution in [0.3, 0.4) is 0 Å². The van der Waals surface area contributed by atoms with Crippen molar-refractivity contribution in [3.63, 3.8) is 0 Å². The number of aromatic nitrogens is 2. The first-order chi connectivity index (χ1) is 12.2. The van der Waals surface area contributed by atoms with Crippen LogP contribution in [-0.4, -0.2) is 23.1 Å². The van der Waals surface area contributed by atoms with Crippen LogP contribution in [-0.2, 0) is 0 Å².